The fourth-order valence-electron chi connectivity index (χ4n) is 0.799. The van der Waals surface area contributed by atoms with Gasteiger partial charge in [-0.15, -0.1) is 12.4 Å². The van der Waals surface area contributed by atoms with Gasteiger partial charge in [0.25, 0.3) is 0 Å². The Morgan fingerprint density at radius 3 is 2.58 bits per heavy atom. The van der Waals surface area contributed by atoms with E-state index in [1.807, 2.05) is 0 Å². The van der Waals surface area contributed by atoms with E-state index in [2.05, 4.69) is 4.98 Å². The summed E-state index contributed by atoms with van der Waals surface area (Å²) < 4.78 is 0. The fourth-order valence-corrected chi connectivity index (χ4v) is 1.10. The molecule has 1 heterocycles. The van der Waals surface area contributed by atoms with Crippen LogP contribution in [0.1, 0.15) is 17.3 Å². The number of Topliss-reactive ketones (excluding diaryl/α,β-unsaturated/α-hetero) is 1. The zero-order valence-corrected chi connectivity index (χ0v) is 7.95. The zero-order valence-electron chi connectivity index (χ0n) is 6.37. The van der Waals surface area contributed by atoms with Crippen LogP contribution in [0.25, 0.3) is 0 Å². The zero-order chi connectivity index (χ0) is 8.43. The molecule has 0 atom stereocenters. The molecule has 0 amide bonds. The van der Waals surface area contributed by atoms with E-state index in [0.717, 1.165) is 0 Å². The number of hydrogen-bond acceptors (Lipinski definition) is 3. The third-order valence-corrected chi connectivity index (χ3v) is 1.58. The lowest BCUT2D eigenvalue weighted by Gasteiger charge is -2.01. The van der Waals surface area contributed by atoms with Crippen molar-refractivity contribution in [3.8, 4) is 0 Å². The normalized spacial score (nSPS) is 8.83. The number of nitrogens with zero attached hydrogens (tertiary/aromatic N) is 1. The first-order valence-electron chi connectivity index (χ1n) is 3.04. The molecule has 1 aromatic heterocycles. The van der Waals surface area contributed by atoms with E-state index in [9.17, 15) is 4.79 Å². The largest absolute Gasteiger partial charge is 0.398 e. The Morgan fingerprint density at radius 1 is 1.67 bits per heavy atom. The maximum Gasteiger partial charge on any atom is 0.164 e. The molecule has 0 aliphatic rings. The minimum atomic E-state index is -0.166. The number of pyridine rings is 1. The molecule has 66 valence electrons. The molecule has 0 aromatic carbocycles. The van der Waals surface area contributed by atoms with Gasteiger partial charge in [0, 0.05) is 11.9 Å². The molecule has 0 unspecified atom stereocenters. The molecule has 1 rings (SSSR count). The SMILES string of the molecule is CC(=O)c1c(N)ccnc1Cl.Cl. The molecule has 0 fully saturated rings. The molecule has 5 heteroatoms. The van der Waals surface area contributed by atoms with Gasteiger partial charge in [-0.2, -0.15) is 0 Å². The van der Waals surface area contributed by atoms with Crippen molar-refractivity contribution in [2.45, 2.75) is 6.92 Å². The summed E-state index contributed by atoms with van der Waals surface area (Å²) in [7, 11) is 0. The number of nitrogens with two attached hydrogens (primary N) is 1. The van der Waals surface area contributed by atoms with Crippen LogP contribution in [-0.4, -0.2) is 10.8 Å². The van der Waals surface area contributed by atoms with Crippen LogP contribution in [0.3, 0.4) is 0 Å². The fraction of sp³-hybridized carbons (Fsp3) is 0.143. The number of carbonyl (C=O) groups is 1. The van der Waals surface area contributed by atoms with Gasteiger partial charge in [-0.1, -0.05) is 11.6 Å². The first-order valence-corrected chi connectivity index (χ1v) is 3.41. The lowest BCUT2D eigenvalue weighted by molar-refractivity contribution is 0.101. The number of anilines is 1. The molecule has 0 aliphatic carbocycles. The van der Waals surface area contributed by atoms with Crippen molar-refractivity contribution in [1.82, 2.24) is 4.98 Å². The van der Waals surface area contributed by atoms with Crippen LogP contribution < -0.4 is 5.73 Å². The first kappa shape index (κ1) is 11.2. The average Bonchev–Trinajstić information content (AvgIpc) is 1.85. The summed E-state index contributed by atoms with van der Waals surface area (Å²) in [6, 6.07) is 1.54. The van der Waals surface area contributed by atoms with E-state index in [1.165, 1.54) is 13.1 Å². The second-order valence-electron chi connectivity index (χ2n) is 2.12. The van der Waals surface area contributed by atoms with Crippen molar-refractivity contribution in [3.05, 3.63) is 23.0 Å². The van der Waals surface area contributed by atoms with Gasteiger partial charge in [0.2, 0.25) is 0 Å². The van der Waals surface area contributed by atoms with E-state index >= 15 is 0 Å². The highest BCUT2D eigenvalue weighted by Crippen LogP contribution is 2.19. The number of rotatable bonds is 1. The summed E-state index contributed by atoms with van der Waals surface area (Å²) >= 11 is 5.61. The molecule has 0 spiro atoms. The number of hydrogen-bond donors (Lipinski definition) is 1. The molecule has 12 heavy (non-hydrogen) atoms. The number of halogens is 2. The molecule has 0 aliphatic heterocycles. The van der Waals surface area contributed by atoms with Crippen molar-refractivity contribution in [2.24, 2.45) is 0 Å². The predicted octanol–water partition coefficient (Wildman–Crippen LogP) is 1.94. The Morgan fingerprint density at radius 2 is 2.25 bits per heavy atom. The summed E-state index contributed by atoms with van der Waals surface area (Å²) in [6.45, 7) is 1.40. The number of ketones is 1. The number of aromatic nitrogens is 1. The molecular formula is C7H8Cl2N2O. The topological polar surface area (TPSA) is 56.0 Å². The second-order valence-corrected chi connectivity index (χ2v) is 2.48. The van der Waals surface area contributed by atoms with E-state index < -0.39 is 0 Å². The van der Waals surface area contributed by atoms with E-state index in [4.69, 9.17) is 17.3 Å². The molecule has 0 saturated carbocycles. The van der Waals surface area contributed by atoms with Gasteiger partial charge in [0.1, 0.15) is 5.15 Å². The monoisotopic (exact) mass is 206 g/mol. The van der Waals surface area contributed by atoms with Crippen molar-refractivity contribution >= 4 is 35.5 Å². The third kappa shape index (κ3) is 2.09. The van der Waals surface area contributed by atoms with Crippen molar-refractivity contribution in [1.29, 1.82) is 0 Å². The summed E-state index contributed by atoms with van der Waals surface area (Å²) in [6.07, 6.45) is 1.46. The Kier molecular flexibility index (Phi) is 4.00. The predicted molar refractivity (Wildman–Crippen MR) is 50.9 cm³/mol. The Hall–Kier alpha value is -0.800. The summed E-state index contributed by atoms with van der Waals surface area (Å²) in [5.41, 5.74) is 6.15. The molecule has 2 N–H and O–H groups in total. The van der Waals surface area contributed by atoms with Gasteiger partial charge in [0.15, 0.2) is 5.78 Å². The van der Waals surface area contributed by atoms with Gasteiger partial charge >= 0.3 is 0 Å². The van der Waals surface area contributed by atoms with Crippen LogP contribution in [0, 0.1) is 0 Å². The smallest absolute Gasteiger partial charge is 0.164 e. The van der Waals surface area contributed by atoms with Crippen molar-refractivity contribution in [2.75, 3.05) is 5.73 Å². The number of nitrogen functional groups attached to an aromatic ring is 1. The minimum absolute atomic E-state index is 0. The number of carbonyl (C=O) groups excluding carboxylic acids is 1. The lowest BCUT2D eigenvalue weighted by atomic mass is 10.2. The molecule has 1 aromatic rings. The van der Waals surface area contributed by atoms with Crippen molar-refractivity contribution < 1.29 is 4.79 Å². The Bertz CT molecular complexity index is 281. The van der Waals surface area contributed by atoms with Gasteiger partial charge < -0.3 is 5.73 Å². The Balaban J connectivity index is 0.00000121. The van der Waals surface area contributed by atoms with Gasteiger partial charge in [-0.3, -0.25) is 4.79 Å². The van der Waals surface area contributed by atoms with Crippen LogP contribution in [0.2, 0.25) is 5.15 Å². The Labute approximate surface area is 81.3 Å². The van der Waals surface area contributed by atoms with E-state index in [-0.39, 0.29) is 23.3 Å². The maximum absolute atomic E-state index is 10.9. The highest BCUT2D eigenvalue weighted by atomic mass is 35.5. The highest BCUT2D eigenvalue weighted by Gasteiger charge is 2.09. The average molecular weight is 207 g/mol. The molecule has 3 nitrogen and oxygen atoms in total. The second kappa shape index (κ2) is 4.28. The van der Waals surface area contributed by atoms with Crippen LogP contribution in [0.4, 0.5) is 5.69 Å². The summed E-state index contributed by atoms with van der Waals surface area (Å²) in [5.74, 6) is -0.166. The molecule has 0 radical (unpaired) electrons. The summed E-state index contributed by atoms with van der Waals surface area (Å²) in [4.78, 5) is 14.6. The van der Waals surface area contributed by atoms with Gasteiger partial charge in [-0.25, -0.2) is 4.98 Å². The standard InChI is InChI=1S/C7H7ClN2O.ClH/c1-4(11)6-5(9)2-3-10-7(6)8;/h2-3H,1H3,(H2,9,10);1H. The first-order chi connectivity index (χ1) is 5.13. The van der Waals surface area contributed by atoms with Crippen LogP contribution in [-0.2, 0) is 0 Å². The van der Waals surface area contributed by atoms with E-state index in [0.29, 0.717) is 11.3 Å². The maximum atomic E-state index is 10.9. The molecular weight excluding hydrogens is 199 g/mol. The molecule has 0 saturated heterocycles. The quantitative estimate of drug-likeness (QED) is 0.565. The third-order valence-electron chi connectivity index (χ3n) is 1.29. The van der Waals surface area contributed by atoms with Gasteiger partial charge in [0.05, 0.1) is 5.56 Å². The van der Waals surface area contributed by atoms with Crippen LogP contribution in [0.5, 0.6) is 0 Å². The summed E-state index contributed by atoms with van der Waals surface area (Å²) in [5, 5.41) is 0.164. The van der Waals surface area contributed by atoms with Crippen molar-refractivity contribution in [3.63, 3.8) is 0 Å². The minimum Gasteiger partial charge on any atom is -0.398 e. The molecule has 0 bridgehead atoms. The highest BCUT2D eigenvalue weighted by molar-refractivity contribution is 6.33. The van der Waals surface area contributed by atoms with E-state index in [1.54, 1.807) is 6.07 Å². The van der Waals surface area contributed by atoms with Gasteiger partial charge in [-0.05, 0) is 13.0 Å². The lowest BCUT2D eigenvalue weighted by Crippen LogP contribution is -2.01. The van der Waals surface area contributed by atoms with Crippen LogP contribution >= 0.6 is 24.0 Å². The van der Waals surface area contributed by atoms with Crippen LogP contribution in [0.15, 0.2) is 12.3 Å².